The van der Waals surface area contributed by atoms with Crippen LogP contribution in [-0.2, 0) is 86.5 Å². The lowest BCUT2D eigenvalue weighted by atomic mass is 9.84. The molecule has 0 radical (unpaired) electrons. The van der Waals surface area contributed by atoms with E-state index < -0.39 is 41.0 Å². The first-order valence-electron chi connectivity index (χ1n) is 36.2. The van der Waals surface area contributed by atoms with Crippen molar-refractivity contribution in [1.29, 1.82) is 0 Å². The number of carbonyl (C=O) groups excluding carboxylic acids is 5. The van der Waals surface area contributed by atoms with E-state index in [0.29, 0.717) is 69.9 Å². The first-order valence-corrected chi connectivity index (χ1v) is 38.0. The monoisotopic (exact) mass is 1440 g/mol. The summed E-state index contributed by atoms with van der Waals surface area (Å²) >= 11 is 2.99. The molecular formula is C78H98N12O11S2. The molecule has 103 heavy (non-hydrogen) atoms. The first kappa shape index (κ1) is 74.4. The molecule has 548 valence electrons. The van der Waals surface area contributed by atoms with Crippen LogP contribution >= 0.6 is 22.7 Å². The van der Waals surface area contributed by atoms with E-state index in [1.165, 1.54) is 38.3 Å². The highest BCUT2D eigenvalue weighted by molar-refractivity contribution is 7.10. The summed E-state index contributed by atoms with van der Waals surface area (Å²) in [5.41, 5.74) is 25.9. The average Bonchev–Trinajstić information content (AvgIpc) is 1.60. The van der Waals surface area contributed by atoms with Gasteiger partial charge in [0, 0.05) is 137 Å². The van der Waals surface area contributed by atoms with Gasteiger partial charge in [0.25, 0.3) is 11.8 Å². The minimum Gasteiger partial charge on any atom is -0.481 e. The lowest BCUT2D eigenvalue weighted by molar-refractivity contribution is -0.156. The number of nitrogens with one attached hydrogen (secondary N) is 3. The van der Waals surface area contributed by atoms with Crippen molar-refractivity contribution in [2.24, 2.45) is 40.2 Å². The Balaban J connectivity index is 0.000000178. The minimum atomic E-state index is -0.817. The number of nitrogens with zero attached hydrogens (tertiary/aromatic N) is 8. The zero-order valence-corrected chi connectivity index (χ0v) is 62.8. The highest BCUT2D eigenvalue weighted by Gasteiger charge is 2.43. The number of carboxylic acids is 1. The number of hydrogen-bond acceptors (Lipinski definition) is 19. The molecule has 8 aromatic rings. The van der Waals surface area contributed by atoms with E-state index in [0.717, 1.165) is 120 Å². The molecule has 6 aromatic heterocycles. The number of nitrogens with two attached hydrogens (primary N) is 1. The number of hydrogen-bond donors (Lipinski definition) is 5. The molecule has 14 rings (SSSR count). The summed E-state index contributed by atoms with van der Waals surface area (Å²) in [6.45, 7) is 23.6. The largest absolute Gasteiger partial charge is 0.481 e. The molecule has 2 saturated carbocycles. The smallest absolute Gasteiger partial charge is 0.324 e. The molecule has 3 amide bonds. The Labute approximate surface area is 610 Å². The van der Waals surface area contributed by atoms with Crippen LogP contribution in [0.5, 0.6) is 0 Å². The number of pyridine rings is 2. The standard InChI is InChI=1S/C39H48N6O5S.C34H42N6O4S.C5H8O2/c1-7-44-32-13-12-24-17-27(32)28(35(44)25-10-8-14-40-34(25)23(3)49-6)19-39(4,5)21-50-38(48)29-11-9-15-45(43-29)37(47)30(18-33-41-31(24)20-51-33)42-36(46)26-16-22(26)2;1-6-39-28-12-11-21-15-23(28)24(31(39)22-9-7-13-36-30(22)20(2)43-5)17-34(3,4)19-44-33(42)26-10-8-14-40(38-26)32(41)25(35)16-29-37-27(21)18-45-29;1-3-2-4(3)5(6)7/h8,10,12-14,17,20,22-23,26,29-30,43H,7,9,11,15-16,18-19,21H2,1-6H3,(H,42,46);7,9,11-13,15,18,20,25-26,38H,6,8,10,14,16-17,19,35H2,1-5H3;3-4H,2H2,1H3,(H,6,7)/t22-,23-,26-,29-,30-;20-,25-,26-;3-,4-/m000/s1. The number of hydrazine groups is 2. The van der Waals surface area contributed by atoms with Crippen molar-refractivity contribution in [3.63, 3.8) is 0 Å². The Hall–Kier alpha value is -8.30. The SMILES string of the molecule is CCn1c(-c2cccnc2[C@H](C)OC)c2c3cc(ccc31)-c1csc(n1)C[C@H](N)C(=O)N1CCC[C@H](N1)C(=O)OCC(C)(C)C2.CCn1c(-c2cccnc2[C@H](C)OC)c2c3cc(ccc31)-c1csc(n1)C[C@H](NC(=O)[C@H]1C[C@@H]1C)C(=O)N1CCC[C@H](N1)C(=O)OCC(C)(C)C2.C[C@H]1C[C@@H]1C(=O)O. The van der Waals surface area contributed by atoms with E-state index >= 15 is 0 Å². The van der Waals surface area contributed by atoms with Crippen LogP contribution in [0, 0.1) is 34.5 Å². The highest BCUT2D eigenvalue weighted by Crippen LogP contribution is 2.45. The van der Waals surface area contributed by atoms with Crippen LogP contribution in [0.1, 0.15) is 153 Å². The Morgan fingerprint density at radius 3 is 1.54 bits per heavy atom. The number of thiazole rings is 2. The number of rotatable bonds is 11. The molecule has 6 aliphatic rings. The van der Waals surface area contributed by atoms with Gasteiger partial charge in [-0.15, -0.1) is 22.7 Å². The number of aryl methyl sites for hydroxylation is 2. The van der Waals surface area contributed by atoms with Crippen molar-refractivity contribution >= 4 is 80.1 Å². The van der Waals surface area contributed by atoms with Crippen LogP contribution < -0.4 is 21.9 Å². The zero-order valence-electron chi connectivity index (χ0n) is 61.2. The topological polar surface area (TPSA) is 290 Å². The summed E-state index contributed by atoms with van der Waals surface area (Å²) in [6.07, 6.45) is 9.21. The van der Waals surface area contributed by atoms with Crippen LogP contribution in [0.4, 0.5) is 0 Å². The van der Waals surface area contributed by atoms with Gasteiger partial charge in [0.2, 0.25) is 5.91 Å². The maximum atomic E-state index is 14.0. The second-order valence-electron chi connectivity index (χ2n) is 30.1. The summed E-state index contributed by atoms with van der Waals surface area (Å²) in [4.78, 5) is 96.7. The summed E-state index contributed by atoms with van der Waals surface area (Å²) in [5.74, 6) is -1.36. The number of aliphatic carboxylic acids is 1. The molecule has 10 atom stereocenters. The van der Waals surface area contributed by atoms with Crippen LogP contribution in [-0.4, -0.2) is 145 Å². The summed E-state index contributed by atoms with van der Waals surface area (Å²) in [6, 6.07) is 18.2. The predicted molar refractivity (Wildman–Crippen MR) is 397 cm³/mol. The van der Waals surface area contributed by atoms with Gasteiger partial charge in [-0.3, -0.25) is 48.8 Å². The van der Waals surface area contributed by atoms with Crippen molar-refractivity contribution in [3.05, 3.63) is 116 Å². The Bertz CT molecular complexity index is 4480. The second kappa shape index (κ2) is 31.2. The summed E-state index contributed by atoms with van der Waals surface area (Å²) < 4.78 is 28.2. The third-order valence-electron chi connectivity index (χ3n) is 20.9. The average molecular weight is 1440 g/mol. The van der Waals surface area contributed by atoms with Gasteiger partial charge in [-0.05, 0) is 151 Å². The van der Waals surface area contributed by atoms with Crippen molar-refractivity contribution in [3.8, 4) is 45.0 Å². The van der Waals surface area contributed by atoms with Crippen molar-refractivity contribution < 1.29 is 52.8 Å². The molecule has 10 heterocycles. The van der Waals surface area contributed by atoms with Gasteiger partial charge in [0.1, 0.15) is 18.1 Å². The zero-order chi connectivity index (χ0) is 73.3. The number of fused-ring (bicyclic) bond motifs is 12. The van der Waals surface area contributed by atoms with Gasteiger partial charge >= 0.3 is 17.9 Å². The van der Waals surface area contributed by atoms with Gasteiger partial charge in [-0.25, -0.2) is 20.8 Å². The molecule has 12 bridgehead atoms. The Morgan fingerprint density at radius 1 is 0.680 bits per heavy atom. The van der Waals surface area contributed by atoms with Gasteiger partial charge in [0.15, 0.2) is 0 Å². The fourth-order valence-electron chi connectivity index (χ4n) is 14.7. The van der Waals surface area contributed by atoms with Crippen molar-refractivity contribution in [2.45, 2.75) is 183 Å². The Kier molecular flexibility index (Phi) is 22.5. The number of ether oxygens (including phenoxy) is 4. The molecule has 2 aliphatic carbocycles. The van der Waals surface area contributed by atoms with Crippen LogP contribution in [0.25, 0.3) is 66.8 Å². The molecule has 25 heteroatoms. The number of amides is 3. The molecule has 23 nitrogen and oxygen atoms in total. The number of methoxy groups -OCH3 is 2. The van der Waals surface area contributed by atoms with Crippen molar-refractivity contribution in [2.75, 3.05) is 40.5 Å². The maximum absolute atomic E-state index is 14.0. The van der Waals surface area contributed by atoms with Crippen molar-refractivity contribution in [1.82, 2.24) is 55.3 Å². The molecule has 2 aromatic carbocycles. The summed E-state index contributed by atoms with van der Waals surface area (Å²) in [5, 5.41) is 22.1. The second-order valence-corrected chi connectivity index (χ2v) is 32.0. The van der Waals surface area contributed by atoms with Crippen LogP contribution in [0.2, 0.25) is 0 Å². The maximum Gasteiger partial charge on any atom is 0.324 e. The molecule has 6 N–H and O–H groups in total. The fourth-order valence-corrected chi connectivity index (χ4v) is 16.4. The van der Waals surface area contributed by atoms with E-state index in [1.54, 1.807) is 20.4 Å². The van der Waals surface area contributed by atoms with E-state index in [1.807, 2.05) is 56.8 Å². The lowest BCUT2D eigenvalue weighted by Crippen LogP contribution is -2.60. The Morgan fingerprint density at radius 2 is 1.13 bits per heavy atom. The van der Waals surface area contributed by atoms with Gasteiger partial charge in [0.05, 0.1) is 81.6 Å². The molecule has 0 unspecified atom stereocenters. The van der Waals surface area contributed by atoms with Gasteiger partial charge in [-0.1, -0.05) is 53.7 Å². The number of carboxylic acid groups (broad SMARTS) is 1. The van der Waals surface area contributed by atoms with E-state index in [9.17, 15) is 28.8 Å². The fraction of sp³-hybridized carbons (Fsp3) is 0.513. The van der Waals surface area contributed by atoms with E-state index in [2.05, 4.69) is 115 Å². The first-order chi connectivity index (χ1) is 49.3. The molecule has 0 spiro atoms. The number of benzene rings is 2. The minimum absolute atomic E-state index is 0.0139. The lowest BCUT2D eigenvalue weighted by Gasteiger charge is -2.35. The molecular weight excluding hydrogens is 1350 g/mol. The van der Waals surface area contributed by atoms with Crippen LogP contribution in [0.15, 0.2) is 83.8 Å². The molecule has 4 fully saturated rings. The third-order valence-corrected chi connectivity index (χ3v) is 22.6. The molecule has 2 saturated heterocycles. The quantitative estimate of drug-likeness (QED) is 0.0752. The van der Waals surface area contributed by atoms with Gasteiger partial charge in [-0.2, -0.15) is 0 Å². The number of cyclic esters (lactones) is 2. The highest BCUT2D eigenvalue weighted by atomic mass is 32.1. The van der Waals surface area contributed by atoms with Crippen LogP contribution in [0.3, 0.4) is 0 Å². The van der Waals surface area contributed by atoms with Gasteiger partial charge < -0.3 is 44.2 Å². The van der Waals surface area contributed by atoms with E-state index in [-0.39, 0.29) is 73.3 Å². The predicted octanol–water partition coefficient (Wildman–Crippen LogP) is 11.6. The number of esters is 2. The van der Waals surface area contributed by atoms with E-state index in [4.69, 9.17) is 49.7 Å². The molecule has 4 aliphatic heterocycles. The number of carbonyl (C=O) groups is 6. The third kappa shape index (κ3) is 16.3. The summed E-state index contributed by atoms with van der Waals surface area (Å²) in [7, 11) is 3.40. The number of aromatic nitrogens is 6. The normalized spacial score (nSPS) is 23.9.